The van der Waals surface area contributed by atoms with Crippen molar-refractivity contribution in [3.63, 3.8) is 0 Å². The molecule has 0 aromatic heterocycles. The van der Waals surface area contributed by atoms with Crippen LogP contribution in [0.4, 0.5) is 4.79 Å². The Balaban J connectivity index is 2.65. The lowest BCUT2D eigenvalue weighted by Gasteiger charge is -2.21. The second-order valence-electron chi connectivity index (χ2n) is 17.0. The molecule has 1 aliphatic carbocycles. The van der Waals surface area contributed by atoms with Crippen LogP contribution in [0.1, 0.15) is 221 Å². The number of nitrogens with zero attached hydrogens (tertiary/aromatic N) is 1. The van der Waals surface area contributed by atoms with Crippen molar-refractivity contribution in [3.05, 3.63) is 24.3 Å². The van der Waals surface area contributed by atoms with E-state index in [0.717, 1.165) is 90.3 Å². The van der Waals surface area contributed by atoms with E-state index in [-0.39, 0.29) is 31.8 Å². The van der Waals surface area contributed by atoms with Gasteiger partial charge in [-0.15, -0.1) is 0 Å². The predicted molar refractivity (Wildman–Crippen MR) is 249 cm³/mol. The highest BCUT2D eigenvalue weighted by Gasteiger charge is 2.41. The van der Waals surface area contributed by atoms with E-state index < -0.39 is 36.7 Å². The number of ether oxygens (including phenoxy) is 6. The number of rotatable bonds is 42. The number of carbonyl (C=O) groups excluding carboxylic acids is 3. The van der Waals surface area contributed by atoms with Crippen molar-refractivity contribution in [3.8, 4) is 0 Å². The van der Waals surface area contributed by atoms with Crippen LogP contribution in [0.5, 0.6) is 0 Å². The van der Waals surface area contributed by atoms with E-state index in [0.29, 0.717) is 32.5 Å². The van der Waals surface area contributed by atoms with Gasteiger partial charge in [-0.1, -0.05) is 155 Å². The fourth-order valence-corrected chi connectivity index (χ4v) is 7.60. The van der Waals surface area contributed by atoms with E-state index in [1.165, 1.54) is 77.0 Å². The van der Waals surface area contributed by atoms with Gasteiger partial charge in [-0.2, -0.15) is 0 Å². The Kier molecular flexibility index (Phi) is 38.6. The van der Waals surface area contributed by atoms with Crippen molar-refractivity contribution < 1.29 is 42.8 Å². The Morgan fingerprint density at radius 3 is 1.56 bits per heavy atom. The van der Waals surface area contributed by atoms with E-state index in [1.807, 2.05) is 0 Å². The zero-order chi connectivity index (χ0) is 44.4. The van der Waals surface area contributed by atoms with Gasteiger partial charge in [-0.3, -0.25) is 9.59 Å². The van der Waals surface area contributed by atoms with Crippen LogP contribution in [-0.4, -0.2) is 87.1 Å². The second kappa shape index (κ2) is 41.6. The lowest BCUT2D eigenvalue weighted by atomic mass is 10.1. The minimum Gasteiger partial charge on any atom is -0.458 e. The maximum absolute atomic E-state index is 13.3. The molecule has 0 aromatic carbocycles. The molecule has 0 N–H and O–H groups in total. The molecule has 0 aliphatic heterocycles. The number of hydrogen-bond acceptors (Lipinski definition) is 10. The normalized spacial score (nSPS) is 16.7. The number of allylic oxidation sites excluding steroid dienone is 4. The molecule has 1 saturated carbocycles. The summed E-state index contributed by atoms with van der Waals surface area (Å²) in [6.07, 6.45) is 34.1. The molecule has 356 valence electrons. The van der Waals surface area contributed by atoms with Crippen molar-refractivity contribution >= 4 is 18.1 Å². The average molecular weight is 864 g/mol. The van der Waals surface area contributed by atoms with E-state index >= 15 is 0 Å². The van der Waals surface area contributed by atoms with Crippen molar-refractivity contribution in [1.29, 1.82) is 0 Å². The molecule has 0 aromatic rings. The summed E-state index contributed by atoms with van der Waals surface area (Å²) in [4.78, 5) is 41.2. The van der Waals surface area contributed by atoms with Crippen LogP contribution in [0.25, 0.3) is 0 Å². The van der Waals surface area contributed by atoms with Crippen molar-refractivity contribution in [2.75, 3.05) is 39.5 Å². The summed E-state index contributed by atoms with van der Waals surface area (Å²) in [6, 6.07) is 0. The zero-order valence-corrected chi connectivity index (χ0v) is 40.0. The van der Waals surface area contributed by atoms with E-state index in [4.69, 9.17) is 28.4 Å². The molecule has 3 unspecified atom stereocenters. The maximum atomic E-state index is 13.3. The van der Waals surface area contributed by atoms with Gasteiger partial charge in [0.25, 0.3) is 0 Å². The first-order chi connectivity index (χ1) is 29.9. The van der Waals surface area contributed by atoms with Gasteiger partial charge in [0, 0.05) is 45.4 Å². The molecule has 1 fully saturated rings. The Hall–Kier alpha value is -2.43. The summed E-state index contributed by atoms with van der Waals surface area (Å²) in [7, 11) is 0. The van der Waals surface area contributed by atoms with Crippen LogP contribution in [0, 0.1) is 0 Å². The molecule has 3 atom stereocenters. The molecule has 0 amide bonds. The highest BCUT2D eigenvalue weighted by atomic mass is 16.7. The summed E-state index contributed by atoms with van der Waals surface area (Å²) in [5.41, 5.74) is 0. The number of unbranched alkanes of at least 4 members (excludes halogenated alkanes) is 18. The van der Waals surface area contributed by atoms with Crippen LogP contribution in [0.3, 0.4) is 0 Å². The maximum Gasteiger partial charge on any atom is 0.508 e. The third kappa shape index (κ3) is 33.8. The fraction of sp³-hybridized carbons (Fsp3) is 0.863. The molecule has 1 rings (SSSR count). The summed E-state index contributed by atoms with van der Waals surface area (Å²) >= 11 is 0. The van der Waals surface area contributed by atoms with Gasteiger partial charge >= 0.3 is 18.1 Å². The van der Waals surface area contributed by atoms with Gasteiger partial charge in [0.1, 0.15) is 18.3 Å². The molecule has 0 heterocycles. The molecular weight excluding hydrogens is 771 g/mol. The van der Waals surface area contributed by atoms with Gasteiger partial charge < -0.3 is 33.3 Å². The summed E-state index contributed by atoms with van der Waals surface area (Å²) < 4.78 is 35.2. The van der Waals surface area contributed by atoms with Crippen molar-refractivity contribution in [2.45, 2.75) is 245 Å². The van der Waals surface area contributed by atoms with Crippen LogP contribution in [-0.2, 0) is 38.0 Å². The molecule has 1 aliphatic rings. The minimum absolute atomic E-state index is 0.112. The standard InChI is InChI=1S/C51H93NO9/c1-6-11-14-17-20-21-22-23-24-25-26-27-28-29-32-36-48(53)60-46-43-45(59-51(55)58-42-35-39-52(9-4)10-5)44-47(46)61-49(54)37-38-50(56-40-33-30-18-15-12-7-2)57-41-34-31-19-16-13-8-3/h20-21,23-24,45-47,50H,6-19,22,25-44H2,1-5H3/b21-20-,24-23-. The summed E-state index contributed by atoms with van der Waals surface area (Å²) in [5, 5.41) is 0. The number of carbonyl (C=O) groups is 3. The van der Waals surface area contributed by atoms with Crippen LogP contribution in [0.2, 0.25) is 0 Å². The van der Waals surface area contributed by atoms with Crippen molar-refractivity contribution in [2.24, 2.45) is 0 Å². The second-order valence-corrected chi connectivity index (χ2v) is 17.0. The first-order valence-corrected chi connectivity index (χ1v) is 25.3. The van der Waals surface area contributed by atoms with Crippen LogP contribution < -0.4 is 0 Å². The van der Waals surface area contributed by atoms with Crippen LogP contribution in [0.15, 0.2) is 24.3 Å². The topological polar surface area (TPSA) is 110 Å². The molecule has 10 nitrogen and oxygen atoms in total. The quantitative estimate of drug-likeness (QED) is 0.0193. The van der Waals surface area contributed by atoms with Gasteiger partial charge in [0.2, 0.25) is 0 Å². The number of hydrogen-bond donors (Lipinski definition) is 0. The Morgan fingerprint density at radius 2 is 1.00 bits per heavy atom. The largest absolute Gasteiger partial charge is 0.508 e. The first-order valence-electron chi connectivity index (χ1n) is 25.3. The Morgan fingerprint density at radius 1 is 0.525 bits per heavy atom. The molecule has 10 heteroatoms. The molecule has 0 saturated heterocycles. The number of esters is 2. The summed E-state index contributed by atoms with van der Waals surface area (Å²) in [5.74, 6) is -0.724. The highest BCUT2D eigenvalue weighted by Crippen LogP contribution is 2.30. The van der Waals surface area contributed by atoms with Gasteiger partial charge in [0.15, 0.2) is 6.29 Å². The van der Waals surface area contributed by atoms with Gasteiger partial charge in [0.05, 0.1) is 13.0 Å². The monoisotopic (exact) mass is 864 g/mol. The molecular formula is C51H93NO9. The predicted octanol–water partition coefficient (Wildman–Crippen LogP) is 13.5. The van der Waals surface area contributed by atoms with Crippen LogP contribution >= 0.6 is 0 Å². The lowest BCUT2D eigenvalue weighted by molar-refractivity contribution is -0.170. The molecule has 0 bridgehead atoms. The van der Waals surface area contributed by atoms with Gasteiger partial charge in [-0.25, -0.2) is 4.79 Å². The summed E-state index contributed by atoms with van der Waals surface area (Å²) in [6.45, 7) is 15.1. The van der Waals surface area contributed by atoms with E-state index in [9.17, 15) is 14.4 Å². The zero-order valence-electron chi connectivity index (χ0n) is 40.0. The smallest absolute Gasteiger partial charge is 0.458 e. The fourth-order valence-electron chi connectivity index (χ4n) is 7.60. The van der Waals surface area contributed by atoms with E-state index in [2.05, 4.69) is 63.8 Å². The molecule has 0 radical (unpaired) electrons. The first kappa shape index (κ1) is 56.6. The Labute approximate surface area is 374 Å². The Bertz CT molecular complexity index is 1080. The average Bonchev–Trinajstić information content (AvgIpc) is 3.61. The third-order valence-corrected chi connectivity index (χ3v) is 11.5. The molecule has 0 spiro atoms. The SMILES string of the molecule is CCCCC/C=C\C/C=C\CCCCCCCC(=O)OC1CC(OC(=O)OCCCN(CC)CC)CC1OC(=O)CCC(OCCCCCCCC)OCCCCCCCC. The highest BCUT2D eigenvalue weighted by molar-refractivity contribution is 5.71. The minimum atomic E-state index is -0.750. The van der Waals surface area contributed by atoms with Crippen molar-refractivity contribution in [1.82, 2.24) is 4.90 Å². The van der Waals surface area contributed by atoms with E-state index in [1.54, 1.807) is 0 Å². The molecule has 61 heavy (non-hydrogen) atoms. The lowest BCUT2D eigenvalue weighted by Crippen LogP contribution is -2.31. The van der Waals surface area contributed by atoms with Gasteiger partial charge in [-0.05, 0) is 70.9 Å². The third-order valence-electron chi connectivity index (χ3n) is 11.5.